The summed E-state index contributed by atoms with van der Waals surface area (Å²) >= 11 is 0. The molecule has 2 aliphatic rings. The van der Waals surface area contributed by atoms with Crippen molar-refractivity contribution in [2.75, 3.05) is 31.1 Å². The maximum absolute atomic E-state index is 12.8. The zero-order chi connectivity index (χ0) is 19.8. The highest BCUT2D eigenvalue weighted by molar-refractivity contribution is 5.79. The van der Waals surface area contributed by atoms with Gasteiger partial charge in [-0.25, -0.2) is 0 Å². The molecule has 0 bridgehead atoms. The zero-order valence-corrected chi connectivity index (χ0v) is 14.6. The molecule has 27 heavy (non-hydrogen) atoms. The molecule has 148 valence electrons. The summed E-state index contributed by atoms with van der Waals surface area (Å²) in [6, 6.07) is 2.57. The monoisotopic (exact) mass is 386 g/mol. The number of halogens is 3. The van der Waals surface area contributed by atoms with Crippen molar-refractivity contribution >= 4 is 17.3 Å². The fourth-order valence-electron chi connectivity index (χ4n) is 3.73. The first-order chi connectivity index (χ1) is 12.7. The highest BCUT2D eigenvalue weighted by Crippen LogP contribution is 2.37. The van der Waals surface area contributed by atoms with Crippen molar-refractivity contribution in [3.05, 3.63) is 33.9 Å². The average molecular weight is 386 g/mol. The van der Waals surface area contributed by atoms with Gasteiger partial charge in [-0.05, 0) is 31.4 Å². The van der Waals surface area contributed by atoms with Crippen LogP contribution in [-0.2, 0) is 11.0 Å². The molecule has 2 saturated heterocycles. The molecule has 2 N–H and O–H groups in total. The van der Waals surface area contributed by atoms with Gasteiger partial charge in [-0.1, -0.05) is 0 Å². The van der Waals surface area contributed by atoms with Gasteiger partial charge in [-0.3, -0.25) is 14.9 Å². The number of hydrogen-bond acceptors (Lipinski definition) is 5. The van der Waals surface area contributed by atoms with E-state index in [-0.39, 0.29) is 23.6 Å². The number of nitrogens with zero attached hydrogens (tertiary/aromatic N) is 3. The number of alkyl halides is 3. The van der Waals surface area contributed by atoms with Crippen molar-refractivity contribution in [3.8, 4) is 0 Å². The normalized spacial score (nSPS) is 21.6. The van der Waals surface area contributed by atoms with E-state index < -0.39 is 22.4 Å². The minimum Gasteiger partial charge on any atom is -0.366 e. The van der Waals surface area contributed by atoms with Crippen molar-refractivity contribution < 1.29 is 22.9 Å². The van der Waals surface area contributed by atoms with Crippen molar-refractivity contribution in [3.63, 3.8) is 0 Å². The zero-order valence-electron chi connectivity index (χ0n) is 14.6. The van der Waals surface area contributed by atoms with Crippen LogP contribution in [0.4, 0.5) is 24.5 Å². The summed E-state index contributed by atoms with van der Waals surface area (Å²) in [7, 11) is 0. The Morgan fingerprint density at radius 1 is 1.19 bits per heavy atom. The van der Waals surface area contributed by atoms with E-state index >= 15 is 0 Å². The number of carbonyl (C=O) groups is 1. The van der Waals surface area contributed by atoms with Crippen molar-refractivity contribution in [1.82, 2.24) is 4.90 Å². The van der Waals surface area contributed by atoms with Crippen LogP contribution in [0, 0.1) is 16.0 Å². The minimum atomic E-state index is -4.64. The van der Waals surface area contributed by atoms with E-state index in [0.717, 1.165) is 18.6 Å². The Balaban J connectivity index is 1.70. The molecule has 1 atom stereocenters. The molecular formula is C17H21F3N4O3. The molecule has 1 amide bonds. The summed E-state index contributed by atoms with van der Waals surface area (Å²) < 4.78 is 38.5. The van der Waals surface area contributed by atoms with Crippen molar-refractivity contribution in [2.24, 2.45) is 11.7 Å². The molecule has 0 aliphatic carbocycles. The quantitative estimate of drug-likeness (QED) is 0.636. The van der Waals surface area contributed by atoms with Gasteiger partial charge in [0, 0.05) is 44.2 Å². The maximum Gasteiger partial charge on any atom is 0.416 e. The minimum absolute atomic E-state index is 0.00355. The molecule has 2 heterocycles. The topological polar surface area (TPSA) is 92.7 Å². The van der Waals surface area contributed by atoms with Gasteiger partial charge < -0.3 is 15.5 Å². The maximum atomic E-state index is 12.8. The summed E-state index contributed by atoms with van der Waals surface area (Å²) in [5, 5.41) is 11.3. The van der Waals surface area contributed by atoms with E-state index in [1.807, 2.05) is 0 Å². The lowest BCUT2D eigenvalue weighted by molar-refractivity contribution is -0.384. The second-order valence-corrected chi connectivity index (χ2v) is 7.05. The van der Waals surface area contributed by atoms with E-state index in [4.69, 9.17) is 5.73 Å². The highest BCUT2D eigenvalue weighted by atomic mass is 19.4. The Morgan fingerprint density at radius 3 is 2.37 bits per heavy atom. The molecule has 2 aliphatic heterocycles. The number of nitrogens with two attached hydrogens (primary N) is 1. The summed E-state index contributed by atoms with van der Waals surface area (Å²) in [5.41, 5.74) is 4.37. The Labute approximate surface area is 154 Å². The highest BCUT2D eigenvalue weighted by Gasteiger charge is 2.36. The average Bonchev–Trinajstić information content (AvgIpc) is 3.06. The lowest BCUT2D eigenvalue weighted by atomic mass is 9.94. The molecule has 0 aromatic heterocycles. The molecule has 7 nitrogen and oxygen atoms in total. The summed E-state index contributed by atoms with van der Waals surface area (Å²) in [5.74, 6) is -0.135. The van der Waals surface area contributed by atoms with E-state index in [0.29, 0.717) is 45.1 Å². The van der Waals surface area contributed by atoms with Gasteiger partial charge in [0.2, 0.25) is 5.91 Å². The molecule has 0 radical (unpaired) electrons. The van der Waals surface area contributed by atoms with Gasteiger partial charge in [-0.15, -0.1) is 0 Å². The molecule has 0 unspecified atom stereocenters. The number of nitro groups is 1. The predicted molar refractivity (Wildman–Crippen MR) is 92.2 cm³/mol. The lowest BCUT2D eigenvalue weighted by Crippen LogP contribution is -2.42. The fraction of sp³-hybridized carbons (Fsp3) is 0.588. The van der Waals surface area contributed by atoms with Crippen LogP contribution < -0.4 is 10.6 Å². The molecule has 10 heteroatoms. The third-order valence-corrected chi connectivity index (χ3v) is 5.22. The summed E-state index contributed by atoms with van der Waals surface area (Å²) in [6.45, 7) is 1.94. The summed E-state index contributed by atoms with van der Waals surface area (Å²) in [6.07, 6.45) is -2.85. The van der Waals surface area contributed by atoms with Crippen molar-refractivity contribution in [2.45, 2.75) is 31.5 Å². The Bertz CT molecular complexity index is 733. The first-order valence-corrected chi connectivity index (χ1v) is 8.81. The first kappa shape index (κ1) is 19.4. The van der Waals surface area contributed by atoms with Crippen LogP contribution >= 0.6 is 0 Å². The number of likely N-dealkylation sites (tertiary alicyclic amines) is 1. The predicted octanol–water partition coefficient (Wildman–Crippen LogP) is 2.39. The fourth-order valence-corrected chi connectivity index (χ4v) is 3.73. The molecule has 3 rings (SSSR count). The van der Waals surface area contributed by atoms with Gasteiger partial charge in [0.05, 0.1) is 10.5 Å². The number of benzene rings is 1. The third-order valence-electron chi connectivity index (χ3n) is 5.22. The Hall–Kier alpha value is -2.36. The SMILES string of the molecule is N[C@@H]1CCN(C(=O)C2CCN(c3ccc(C(F)(F)F)cc3[N+](=O)[O-])CC2)C1. The van der Waals surface area contributed by atoms with E-state index in [1.54, 1.807) is 9.80 Å². The van der Waals surface area contributed by atoms with Gasteiger partial charge in [-0.2, -0.15) is 13.2 Å². The van der Waals surface area contributed by atoms with Crippen LogP contribution in [0.2, 0.25) is 0 Å². The smallest absolute Gasteiger partial charge is 0.366 e. The van der Waals surface area contributed by atoms with Gasteiger partial charge in [0.1, 0.15) is 5.69 Å². The number of anilines is 1. The second-order valence-electron chi connectivity index (χ2n) is 7.05. The lowest BCUT2D eigenvalue weighted by Gasteiger charge is -2.34. The van der Waals surface area contributed by atoms with E-state index in [2.05, 4.69) is 0 Å². The molecule has 0 saturated carbocycles. The van der Waals surface area contributed by atoms with Crippen LogP contribution in [0.15, 0.2) is 18.2 Å². The third kappa shape index (κ3) is 4.15. The van der Waals surface area contributed by atoms with E-state index in [1.165, 1.54) is 0 Å². The molecular weight excluding hydrogens is 365 g/mol. The van der Waals surface area contributed by atoms with Crippen molar-refractivity contribution in [1.29, 1.82) is 0 Å². The summed E-state index contributed by atoms with van der Waals surface area (Å²) in [4.78, 5) is 26.4. The number of piperidine rings is 1. The molecule has 2 fully saturated rings. The molecule has 0 spiro atoms. The van der Waals surface area contributed by atoms with Crippen LogP contribution in [0.5, 0.6) is 0 Å². The van der Waals surface area contributed by atoms with Crippen LogP contribution in [0.1, 0.15) is 24.8 Å². The number of nitro benzene ring substituents is 1. The van der Waals surface area contributed by atoms with Gasteiger partial charge in [0.15, 0.2) is 0 Å². The van der Waals surface area contributed by atoms with Crippen LogP contribution in [0.3, 0.4) is 0 Å². The Morgan fingerprint density at radius 2 is 1.85 bits per heavy atom. The number of rotatable bonds is 3. The number of amides is 1. The standard InChI is InChI=1S/C17H21F3N4O3/c18-17(19,20)12-1-2-14(15(9-12)24(26)27)22-6-3-11(4-7-22)16(25)23-8-5-13(21)10-23/h1-2,9,11,13H,3-8,10,21H2/t13-/m1/s1. The van der Waals surface area contributed by atoms with Gasteiger partial charge in [0.25, 0.3) is 5.69 Å². The Kier molecular flexibility index (Phi) is 5.27. The first-order valence-electron chi connectivity index (χ1n) is 8.81. The van der Waals surface area contributed by atoms with Crippen LogP contribution in [-0.4, -0.2) is 48.0 Å². The van der Waals surface area contributed by atoms with Gasteiger partial charge >= 0.3 is 6.18 Å². The molecule has 1 aromatic carbocycles. The number of hydrogen-bond donors (Lipinski definition) is 1. The van der Waals surface area contributed by atoms with Crippen LogP contribution in [0.25, 0.3) is 0 Å². The number of carbonyl (C=O) groups excluding carboxylic acids is 1. The second kappa shape index (κ2) is 7.34. The molecule has 1 aromatic rings. The van der Waals surface area contributed by atoms with E-state index in [9.17, 15) is 28.1 Å². The largest absolute Gasteiger partial charge is 0.416 e.